The zero-order chi connectivity index (χ0) is 27.5. The molecule has 2 nitrogen and oxygen atoms in total. The minimum absolute atomic E-state index is 0.621. The number of aromatic amines is 1. The smallest absolute Gasteiger partial charge is 0.247 e. The lowest BCUT2D eigenvalue weighted by Gasteiger charge is -2.17. The largest absolute Gasteiger partial charge is 0.257 e. The SMILES string of the molecule is CCCCCCCCCCCCC(CCCCCCCCCCC)c1[nH]cc[n+]1C(C)CCCCCCC. The van der Waals surface area contributed by atoms with Crippen LogP contribution >= 0.6 is 0 Å². The molecule has 0 aliphatic carbocycles. The van der Waals surface area contributed by atoms with E-state index in [2.05, 4.69) is 49.6 Å². The number of hydrogen-bond acceptors (Lipinski definition) is 0. The van der Waals surface area contributed by atoms with E-state index in [1.165, 1.54) is 179 Å². The predicted octanol–water partition coefficient (Wildman–Crippen LogP) is 12.5. The first kappa shape index (κ1) is 35.2. The highest BCUT2D eigenvalue weighted by Crippen LogP contribution is 2.27. The molecule has 1 rings (SSSR count). The van der Waals surface area contributed by atoms with Crippen molar-refractivity contribution in [3.63, 3.8) is 0 Å². The third-order valence-electron chi connectivity index (χ3n) is 8.89. The molecule has 1 N–H and O–H groups in total. The average molecular weight is 532 g/mol. The van der Waals surface area contributed by atoms with E-state index in [9.17, 15) is 0 Å². The van der Waals surface area contributed by atoms with Crippen LogP contribution < -0.4 is 4.57 Å². The number of aromatic nitrogens is 2. The molecule has 0 saturated heterocycles. The van der Waals surface area contributed by atoms with E-state index in [-0.39, 0.29) is 0 Å². The monoisotopic (exact) mass is 532 g/mol. The first-order valence-corrected chi connectivity index (χ1v) is 17.8. The molecule has 2 atom stereocenters. The maximum Gasteiger partial charge on any atom is 0.257 e. The fourth-order valence-corrected chi connectivity index (χ4v) is 6.25. The molecular formula is C36H71N2+. The molecular weight excluding hydrogens is 460 g/mol. The van der Waals surface area contributed by atoms with Crippen molar-refractivity contribution in [2.75, 3.05) is 0 Å². The molecule has 0 bridgehead atoms. The van der Waals surface area contributed by atoms with Crippen LogP contribution in [0.15, 0.2) is 12.4 Å². The topological polar surface area (TPSA) is 19.7 Å². The molecule has 224 valence electrons. The quantitative estimate of drug-likeness (QED) is 0.0783. The van der Waals surface area contributed by atoms with Gasteiger partial charge in [0.25, 0.3) is 5.82 Å². The zero-order valence-corrected chi connectivity index (χ0v) is 26.8. The molecule has 0 aliphatic rings. The van der Waals surface area contributed by atoms with E-state index in [0.29, 0.717) is 12.0 Å². The van der Waals surface area contributed by atoms with Gasteiger partial charge in [-0.1, -0.05) is 168 Å². The van der Waals surface area contributed by atoms with Gasteiger partial charge in [-0.3, -0.25) is 0 Å². The summed E-state index contributed by atoms with van der Waals surface area (Å²) in [6.45, 7) is 9.39. The number of H-pyrrole nitrogens is 1. The van der Waals surface area contributed by atoms with Crippen molar-refractivity contribution in [2.24, 2.45) is 0 Å². The summed E-state index contributed by atoms with van der Waals surface area (Å²) in [5.41, 5.74) is 0. The number of rotatable bonds is 29. The van der Waals surface area contributed by atoms with E-state index in [4.69, 9.17) is 0 Å². The Morgan fingerprint density at radius 3 is 1.24 bits per heavy atom. The molecule has 2 unspecified atom stereocenters. The summed E-state index contributed by atoms with van der Waals surface area (Å²) in [5.74, 6) is 2.24. The Morgan fingerprint density at radius 1 is 0.500 bits per heavy atom. The van der Waals surface area contributed by atoms with E-state index in [1.807, 2.05) is 0 Å². The number of nitrogens with zero attached hydrogens (tertiary/aromatic N) is 1. The maximum absolute atomic E-state index is 3.73. The second-order valence-corrected chi connectivity index (χ2v) is 12.6. The van der Waals surface area contributed by atoms with E-state index in [1.54, 1.807) is 0 Å². The summed E-state index contributed by atoms with van der Waals surface area (Å²) in [7, 11) is 0. The lowest BCUT2D eigenvalue weighted by molar-refractivity contribution is -0.727. The third kappa shape index (κ3) is 18.5. The summed E-state index contributed by atoms with van der Waals surface area (Å²) in [4.78, 5) is 3.73. The highest BCUT2D eigenvalue weighted by molar-refractivity contribution is 4.90. The van der Waals surface area contributed by atoms with Gasteiger partial charge in [0.2, 0.25) is 0 Å². The van der Waals surface area contributed by atoms with Crippen molar-refractivity contribution in [1.82, 2.24) is 4.98 Å². The molecule has 38 heavy (non-hydrogen) atoms. The Balaban J connectivity index is 2.46. The van der Waals surface area contributed by atoms with Crippen LogP contribution in [0.1, 0.15) is 219 Å². The second kappa shape index (κ2) is 26.4. The van der Waals surface area contributed by atoms with Gasteiger partial charge in [-0.2, -0.15) is 0 Å². The van der Waals surface area contributed by atoms with Crippen molar-refractivity contribution in [1.29, 1.82) is 0 Å². The van der Waals surface area contributed by atoms with Crippen LogP contribution in [0.2, 0.25) is 0 Å². The van der Waals surface area contributed by atoms with Crippen LogP contribution in [0.4, 0.5) is 0 Å². The van der Waals surface area contributed by atoms with E-state index < -0.39 is 0 Å². The van der Waals surface area contributed by atoms with Crippen molar-refractivity contribution in [3.8, 4) is 0 Å². The molecule has 1 aromatic heterocycles. The average Bonchev–Trinajstić information content (AvgIpc) is 3.42. The fraction of sp³-hybridized carbons (Fsp3) is 0.917. The lowest BCUT2D eigenvalue weighted by Crippen LogP contribution is -2.41. The maximum atomic E-state index is 3.73. The van der Waals surface area contributed by atoms with Crippen LogP contribution in [0, 0.1) is 0 Å². The van der Waals surface area contributed by atoms with Crippen LogP contribution in [0.3, 0.4) is 0 Å². The van der Waals surface area contributed by atoms with Crippen LogP contribution in [0.5, 0.6) is 0 Å². The first-order chi connectivity index (χ1) is 18.7. The van der Waals surface area contributed by atoms with Crippen molar-refractivity contribution < 1.29 is 4.57 Å². The molecule has 1 aromatic rings. The third-order valence-corrected chi connectivity index (χ3v) is 8.89. The number of nitrogens with one attached hydrogen (secondary N) is 1. The lowest BCUT2D eigenvalue weighted by atomic mass is 9.92. The Kier molecular flexibility index (Phi) is 24.5. The van der Waals surface area contributed by atoms with Gasteiger partial charge < -0.3 is 0 Å². The Hall–Kier alpha value is -0.790. The molecule has 0 amide bonds. The Labute approximate surface area is 240 Å². The molecule has 1 heterocycles. The summed E-state index contributed by atoms with van der Waals surface area (Å²) < 4.78 is 2.62. The van der Waals surface area contributed by atoms with Crippen LogP contribution in [0.25, 0.3) is 0 Å². The van der Waals surface area contributed by atoms with Gasteiger partial charge in [-0.15, -0.1) is 0 Å². The molecule has 0 saturated carbocycles. The van der Waals surface area contributed by atoms with Crippen molar-refractivity contribution >= 4 is 0 Å². The van der Waals surface area contributed by atoms with Gasteiger partial charge in [-0.05, 0) is 32.6 Å². The summed E-state index contributed by atoms with van der Waals surface area (Å²) in [6, 6.07) is 0.621. The molecule has 0 aliphatic heterocycles. The van der Waals surface area contributed by atoms with Gasteiger partial charge in [0.15, 0.2) is 0 Å². The summed E-state index contributed by atoms with van der Waals surface area (Å²) in [6.07, 6.45) is 42.7. The molecule has 0 aromatic carbocycles. The van der Waals surface area contributed by atoms with Gasteiger partial charge in [0.1, 0.15) is 12.4 Å². The van der Waals surface area contributed by atoms with Crippen molar-refractivity contribution in [2.45, 2.75) is 213 Å². The number of unbranched alkanes of at least 4 members (excludes halogenated alkanes) is 21. The predicted molar refractivity (Wildman–Crippen MR) is 170 cm³/mol. The van der Waals surface area contributed by atoms with Gasteiger partial charge >= 0.3 is 0 Å². The standard InChI is InChI=1S/C36H70N2/c1-5-8-11-14-16-18-20-22-25-28-31-35(30-27-24-21-19-17-15-12-9-6-2)36-37-32-33-38(36)34(4)29-26-23-13-10-7-3/h32-35H,5-31H2,1-4H3/p+1. The zero-order valence-electron chi connectivity index (χ0n) is 26.8. The number of imidazole rings is 1. The van der Waals surface area contributed by atoms with Gasteiger partial charge in [-0.25, -0.2) is 9.55 Å². The van der Waals surface area contributed by atoms with E-state index in [0.717, 1.165) is 0 Å². The van der Waals surface area contributed by atoms with Gasteiger partial charge in [0, 0.05) is 0 Å². The normalized spacial score (nSPS) is 13.3. The van der Waals surface area contributed by atoms with Crippen LogP contribution in [-0.4, -0.2) is 4.98 Å². The number of hydrogen-bond donors (Lipinski definition) is 1. The Bertz CT molecular complexity index is 592. The fourth-order valence-electron chi connectivity index (χ4n) is 6.25. The summed E-state index contributed by atoms with van der Waals surface area (Å²) >= 11 is 0. The van der Waals surface area contributed by atoms with Gasteiger partial charge in [0.05, 0.1) is 12.0 Å². The molecule has 2 heteroatoms. The van der Waals surface area contributed by atoms with E-state index >= 15 is 0 Å². The second-order valence-electron chi connectivity index (χ2n) is 12.6. The minimum Gasteiger partial charge on any atom is -0.247 e. The van der Waals surface area contributed by atoms with Crippen molar-refractivity contribution in [3.05, 3.63) is 18.2 Å². The molecule has 0 radical (unpaired) electrons. The minimum atomic E-state index is 0.621. The van der Waals surface area contributed by atoms with Crippen LogP contribution in [-0.2, 0) is 0 Å². The highest BCUT2D eigenvalue weighted by atomic mass is 15.1. The summed E-state index contributed by atoms with van der Waals surface area (Å²) in [5, 5.41) is 0. The highest BCUT2D eigenvalue weighted by Gasteiger charge is 2.25. The Morgan fingerprint density at radius 2 is 0.842 bits per heavy atom. The molecule has 0 spiro atoms. The molecule has 0 fully saturated rings. The first-order valence-electron chi connectivity index (χ1n) is 17.8.